The Morgan fingerprint density at radius 2 is 2.00 bits per heavy atom. The number of nitrogens with one attached hydrogen (secondary N) is 1. The van der Waals surface area contributed by atoms with Crippen LogP contribution in [0.1, 0.15) is 11.6 Å². The van der Waals surface area contributed by atoms with E-state index in [9.17, 15) is 22.8 Å². The standard InChI is InChI=1S/C9H9ClF3N5O2/c10-3-6(19)14-8(20)17-1-2-18-5(4-17)15-16-7(18)9(11,12)13/h1-4H2,(H,14,19,20). The summed E-state index contributed by atoms with van der Waals surface area (Å²) in [7, 11) is 0. The van der Waals surface area contributed by atoms with E-state index in [4.69, 9.17) is 11.6 Å². The van der Waals surface area contributed by atoms with Crippen molar-refractivity contribution >= 4 is 23.5 Å². The zero-order valence-corrected chi connectivity index (χ0v) is 10.7. The molecule has 2 rings (SSSR count). The van der Waals surface area contributed by atoms with Gasteiger partial charge in [0.2, 0.25) is 11.7 Å². The van der Waals surface area contributed by atoms with Gasteiger partial charge in [-0.1, -0.05) is 0 Å². The van der Waals surface area contributed by atoms with Gasteiger partial charge in [0.1, 0.15) is 5.88 Å². The van der Waals surface area contributed by atoms with Crippen LogP contribution in [0, 0.1) is 0 Å². The minimum atomic E-state index is -4.59. The van der Waals surface area contributed by atoms with Gasteiger partial charge in [-0.15, -0.1) is 21.8 Å². The quantitative estimate of drug-likeness (QED) is 0.770. The average Bonchev–Trinajstić information content (AvgIpc) is 2.80. The van der Waals surface area contributed by atoms with Crippen molar-refractivity contribution in [1.82, 2.24) is 25.0 Å². The van der Waals surface area contributed by atoms with Gasteiger partial charge in [0.05, 0.1) is 6.54 Å². The molecular formula is C9H9ClF3N5O2. The molecule has 11 heteroatoms. The van der Waals surface area contributed by atoms with Crippen molar-refractivity contribution in [3.63, 3.8) is 0 Å². The lowest BCUT2D eigenvalue weighted by atomic mass is 10.3. The maximum atomic E-state index is 12.6. The maximum absolute atomic E-state index is 12.6. The Balaban J connectivity index is 2.11. The Bertz CT molecular complexity index is 544. The summed E-state index contributed by atoms with van der Waals surface area (Å²) in [6.07, 6.45) is -4.59. The van der Waals surface area contributed by atoms with Crippen LogP contribution in [-0.2, 0) is 24.1 Å². The fourth-order valence-corrected chi connectivity index (χ4v) is 1.84. The third kappa shape index (κ3) is 2.84. The number of amides is 3. The van der Waals surface area contributed by atoms with Crippen molar-refractivity contribution in [3.8, 4) is 0 Å². The van der Waals surface area contributed by atoms with Crippen molar-refractivity contribution in [2.45, 2.75) is 19.3 Å². The molecule has 7 nitrogen and oxygen atoms in total. The summed E-state index contributed by atoms with van der Waals surface area (Å²) in [4.78, 5) is 23.8. The lowest BCUT2D eigenvalue weighted by Crippen LogP contribution is -2.46. The molecule has 0 bridgehead atoms. The number of hydrogen-bond acceptors (Lipinski definition) is 4. The zero-order chi connectivity index (χ0) is 14.9. The molecule has 0 atom stereocenters. The van der Waals surface area contributed by atoms with Crippen LogP contribution < -0.4 is 5.32 Å². The number of nitrogens with zero attached hydrogens (tertiary/aromatic N) is 4. The molecule has 0 spiro atoms. The lowest BCUT2D eigenvalue weighted by Gasteiger charge is -2.27. The average molecular weight is 312 g/mol. The first-order chi connectivity index (χ1) is 9.32. The molecule has 0 aromatic carbocycles. The van der Waals surface area contributed by atoms with E-state index in [0.717, 1.165) is 9.47 Å². The van der Waals surface area contributed by atoms with Crippen molar-refractivity contribution in [3.05, 3.63) is 11.6 Å². The molecule has 1 aliphatic rings. The molecule has 1 N–H and O–H groups in total. The minimum Gasteiger partial charge on any atom is -0.315 e. The van der Waals surface area contributed by atoms with Crippen molar-refractivity contribution in [2.75, 3.05) is 12.4 Å². The number of rotatable bonds is 1. The van der Waals surface area contributed by atoms with E-state index in [2.05, 4.69) is 10.2 Å². The molecule has 0 fully saturated rings. The Kier molecular flexibility index (Phi) is 3.84. The normalized spacial score (nSPS) is 14.9. The van der Waals surface area contributed by atoms with Crippen molar-refractivity contribution in [1.29, 1.82) is 0 Å². The molecule has 110 valence electrons. The molecule has 2 heterocycles. The largest absolute Gasteiger partial charge is 0.451 e. The number of urea groups is 1. The molecule has 0 unspecified atom stereocenters. The predicted molar refractivity (Wildman–Crippen MR) is 59.7 cm³/mol. The lowest BCUT2D eigenvalue weighted by molar-refractivity contribution is -0.147. The first-order valence-electron chi connectivity index (χ1n) is 5.47. The molecule has 1 aromatic heterocycles. The van der Waals surface area contributed by atoms with Crippen LogP contribution in [0.4, 0.5) is 18.0 Å². The Morgan fingerprint density at radius 3 is 2.60 bits per heavy atom. The summed E-state index contributed by atoms with van der Waals surface area (Å²) in [6.45, 7) is -0.250. The van der Waals surface area contributed by atoms with Crippen LogP contribution in [0.25, 0.3) is 0 Å². The molecule has 0 saturated heterocycles. The van der Waals surface area contributed by atoms with E-state index < -0.39 is 23.9 Å². The summed E-state index contributed by atoms with van der Waals surface area (Å²) in [5, 5.41) is 8.50. The maximum Gasteiger partial charge on any atom is 0.451 e. The summed E-state index contributed by atoms with van der Waals surface area (Å²) in [5.74, 6) is -2.14. The van der Waals surface area contributed by atoms with E-state index in [-0.39, 0.29) is 31.3 Å². The number of aromatic nitrogens is 3. The first-order valence-corrected chi connectivity index (χ1v) is 6.00. The SMILES string of the molecule is O=C(CCl)NC(=O)N1CCn2c(nnc2C(F)(F)F)C1. The fourth-order valence-electron chi connectivity index (χ4n) is 1.77. The van der Waals surface area contributed by atoms with Crippen LogP contribution in [0.15, 0.2) is 0 Å². The summed E-state index contributed by atoms with van der Waals surface area (Å²) in [6, 6.07) is -0.724. The van der Waals surface area contributed by atoms with Crippen LogP contribution >= 0.6 is 11.6 Å². The second-order valence-corrected chi connectivity index (χ2v) is 4.27. The van der Waals surface area contributed by atoms with Crippen molar-refractivity contribution < 1.29 is 22.8 Å². The van der Waals surface area contributed by atoms with Gasteiger partial charge in [0.15, 0.2) is 5.82 Å². The molecule has 0 aliphatic carbocycles. The summed E-state index contributed by atoms with van der Waals surface area (Å²) in [5.41, 5.74) is 0. The number of alkyl halides is 4. The Labute approximate surface area is 115 Å². The first kappa shape index (κ1) is 14.6. The topological polar surface area (TPSA) is 80.1 Å². The molecular weight excluding hydrogens is 303 g/mol. The van der Waals surface area contributed by atoms with Crippen molar-refractivity contribution in [2.24, 2.45) is 0 Å². The van der Waals surface area contributed by atoms with Gasteiger partial charge < -0.3 is 9.47 Å². The Hall–Kier alpha value is -1.84. The summed E-state index contributed by atoms with van der Waals surface area (Å²) >= 11 is 5.24. The monoisotopic (exact) mass is 311 g/mol. The molecule has 1 aromatic rings. The highest BCUT2D eigenvalue weighted by molar-refractivity contribution is 6.28. The number of imide groups is 1. The minimum absolute atomic E-state index is 0.00944. The number of fused-ring (bicyclic) bond motifs is 1. The second-order valence-electron chi connectivity index (χ2n) is 4.00. The predicted octanol–water partition coefficient (Wildman–Crippen LogP) is 0.587. The number of halogens is 4. The van der Waals surface area contributed by atoms with Gasteiger partial charge in [0, 0.05) is 13.1 Å². The van der Waals surface area contributed by atoms with Gasteiger partial charge in [-0.2, -0.15) is 13.2 Å². The molecule has 0 radical (unpaired) electrons. The highest BCUT2D eigenvalue weighted by atomic mass is 35.5. The number of carbonyl (C=O) groups is 2. The van der Waals surface area contributed by atoms with E-state index in [0.29, 0.717) is 0 Å². The third-order valence-electron chi connectivity index (χ3n) is 2.66. The van der Waals surface area contributed by atoms with E-state index in [1.807, 2.05) is 5.32 Å². The highest BCUT2D eigenvalue weighted by Crippen LogP contribution is 2.29. The third-order valence-corrected chi connectivity index (χ3v) is 2.90. The van der Waals surface area contributed by atoms with E-state index >= 15 is 0 Å². The van der Waals surface area contributed by atoms with Crippen LogP contribution in [0.2, 0.25) is 0 Å². The number of carbonyl (C=O) groups excluding carboxylic acids is 2. The molecule has 20 heavy (non-hydrogen) atoms. The zero-order valence-electron chi connectivity index (χ0n) is 9.95. The molecule has 1 aliphatic heterocycles. The van der Waals surface area contributed by atoms with Crippen LogP contribution in [-0.4, -0.2) is 44.0 Å². The number of hydrogen-bond donors (Lipinski definition) is 1. The van der Waals surface area contributed by atoms with Gasteiger partial charge in [-0.3, -0.25) is 10.1 Å². The molecule has 3 amide bonds. The highest BCUT2D eigenvalue weighted by Gasteiger charge is 2.39. The van der Waals surface area contributed by atoms with E-state index in [1.165, 1.54) is 0 Å². The van der Waals surface area contributed by atoms with Gasteiger partial charge in [0.25, 0.3) is 0 Å². The Morgan fingerprint density at radius 1 is 1.30 bits per heavy atom. The van der Waals surface area contributed by atoms with Gasteiger partial charge in [-0.05, 0) is 0 Å². The fraction of sp³-hybridized carbons (Fsp3) is 0.556. The molecule has 0 saturated carbocycles. The smallest absolute Gasteiger partial charge is 0.315 e. The van der Waals surface area contributed by atoms with Gasteiger partial charge >= 0.3 is 12.2 Å². The van der Waals surface area contributed by atoms with Crippen LogP contribution in [0.5, 0.6) is 0 Å². The van der Waals surface area contributed by atoms with Gasteiger partial charge in [-0.25, -0.2) is 4.79 Å². The second kappa shape index (κ2) is 5.27. The summed E-state index contributed by atoms with van der Waals surface area (Å²) < 4.78 is 38.7. The van der Waals surface area contributed by atoms with E-state index in [1.54, 1.807) is 0 Å². The van der Waals surface area contributed by atoms with Crippen LogP contribution in [0.3, 0.4) is 0 Å².